The maximum atomic E-state index is 13.7. The average Bonchev–Trinajstić information content (AvgIpc) is 2.96. The zero-order chi connectivity index (χ0) is 28.4. The topological polar surface area (TPSA) is 68.3 Å². The molecule has 2 amide bonds. The molecule has 1 aliphatic heterocycles. The lowest BCUT2D eigenvalue weighted by atomic mass is 9.95. The van der Waals surface area contributed by atoms with E-state index in [1.54, 1.807) is 38.2 Å². The summed E-state index contributed by atoms with van der Waals surface area (Å²) in [7, 11) is 6.54. The second kappa shape index (κ2) is 14.6. The fraction of sp³-hybridized carbons (Fsp3) is 0.500. The molecular weight excluding hydrogens is 492 g/mol. The zero-order valence-electron chi connectivity index (χ0n) is 24.4. The highest BCUT2D eigenvalue weighted by molar-refractivity contribution is 5.97. The number of hydrogen-bond acceptors (Lipinski definition) is 5. The minimum absolute atomic E-state index is 0.0162. The first kappa shape index (κ1) is 30.1. The van der Waals surface area contributed by atoms with Gasteiger partial charge in [-0.3, -0.25) is 9.59 Å². The number of nitrogens with zero attached hydrogens (tertiary/aromatic N) is 2. The molecule has 0 aromatic heterocycles. The third-order valence-corrected chi connectivity index (χ3v) is 7.43. The van der Waals surface area contributed by atoms with Gasteiger partial charge in [0.25, 0.3) is 0 Å². The Bertz CT molecular complexity index is 1100. The van der Waals surface area contributed by atoms with Crippen molar-refractivity contribution in [2.45, 2.75) is 70.9 Å². The first-order chi connectivity index (χ1) is 18.9. The van der Waals surface area contributed by atoms with Gasteiger partial charge in [0.2, 0.25) is 17.6 Å². The van der Waals surface area contributed by atoms with Crippen LogP contribution in [0, 0.1) is 0 Å². The number of allylic oxidation sites excluding steroid dienone is 1. The monoisotopic (exact) mass is 536 g/mol. The summed E-state index contributed by atoms with van der Waals surface area (Å²) in [5.74, 6) is 1.76. The minimum Gasteiger partial charge on any atom is -0.493 e. The van der Waals surface area contributed by atoms with E-state index in [2.05, 4.69) is 26.0 Å². The van der Waals surface area contributed by atoms with Crippen molar-refractivity contribution in [3.05, 3.63) is 54.1 Å². The second-order valence-electron chi connectivity index (χ2n) is 10.0. The van der Waals surface area contributed by atoms with Crippen molar-refractivity contribution < 1.29 is 23.8 Å². The largest absolute Gasteiger partial charge is 0.493 e. The van der Waals surface area contributed by atoms with E-state index in [9.17, 15) is 9.59 Å². The fourth-order valence-electron chi connectivity index (χ4n) is 5.15. The Morgan fingerprint density at radius 2 is 1.46 bits per heavy atom. The first-order valence-corrected chi connectivity index (χ1v) is 14.0. The summed E-state index contributed by atoms with van der Waals surface area (Å²) in [5.41, 5.74) is 2.90. The van der Waals surface area contributed by atoms with Gasteiger partial charge < -0.3 is 24.0 Å². The Balaban J connectivity index is 1.79. The lowest BCUT2D eigenvalue weighted by Crippen LogP contribution is -2.64. The zero-order valence-corrected chi connectivity index (χ0v) is 24.4. The maximum Gasteiger partial charge on any atom is 0.246 e. The Morgan fingerprint density at radius 1 is 0.795 bits per heavy atom. The number of carbonyl (C=O) groups excluding carboxylic acids is 2. The summed E-state index contributed by atoms with van der Waals surface area (Å²) < 4.78 is 16.4. The summed E-state index contributed by atoms with van der Waals surface area (Å²) >= 11 is 0. The molecule has 0 aliphatic carbocycles. The quantitative estimate of drug-likeness (QED) is 0.222. The van der Waals surface area contributed by atoms with Crippen molar-refractivity contribution in [2.75, 3.05) is 34.9 Å². The van der Waals surface area contributed by atoms with Gasteiger partial charge in [-0.1, -0.05) is 69.5 Å². The summed E-state index contributed by atoms with van der Waals surface area (Å²) in [5, 5.41) is 0. The molecule has 0 unspecified atom stereocenters. The molecule has 7 heteroatoms. The molecule has 1 heterocycles. The molecule has 0 spiro atoms. The Labute approximate surface area is 233 Å². The van der Waals surface area contributed by atoms with E-state index in [1.165, 1.54) is 12.8 Å². The molecule has 1 fully saturated rings. The molecule has 212 valence electrons. The number of rotatable bonds is 14. The van der Waals surface area contributed by atoms with E-state index in [4.69, 9.17) is 14.2 Å². The highest BCUT2D eigenvalue weighted by Gasteiger charge is 2.43. The predicted molar refractivity (Wildman–Crippen MR) is 155 cm³/mol. The maximum absolute atomic E-state index is 13.7. The van der Waals surface area contributed by atoms with E-state index in [0.717, 1.165) is 36.0 Å². The third-order valence-electron chi connectivity index (χ3n) is 7.43. The van der Waals surface area contributed by atoms with Crippen LogP contribution < -0.4 is 14.2 Å². The van der Waals surface area contributed by atoms with Crippen LogP contribution in [0.2, 0.25) is 0 Å². The number of piperazine rings is 1. The molecule has 3 rings (SSSR count). The van der Waals surface area contributed by atoms with Crippen LogP contribution in [-0.2, 0) is 16.0 Å². The summed E-state index contributed by atoms with van der Waals surface area (Å²) in [6, 6.07) is 11.0. The molecule has 2 aromatic carbocycles. The molecule has 0 saturated carbocycles. The van der Waals surface area contributed by atoms with Crippen molar-refractivity contribution in [1.82, 2.24) is 9.80 Å². The average molecular weight is 537 g/mol. The molecule has 2 atom stereocenters. The predicted octanol–water partition coefficient (Wildman–Crippen LogP) is 5.90. The number of amides is 2. The molecule has 0 bridgehead atoms. The highest BCUT2D eigenvalue weighted by Crippen LogP contribution is 2.41. The van der Waals surface area contributed by atoms with Gasteiger partial charge in [0.15, 0.2) is 11.5 Å². The molecular formula is C32H44N2O5. The van der Waals surface area contributed by atoms with E-state index >= 15 is 0 Å². The van der Waals surface area contributed by atoms with Crippen LogP contribution in [0.15, 0.2) is 48.6 Å². The van der Waals surface area contributed by atoms with Crippen LogP contribution in [0.1, 0.15) is 57.9 Å². The van der Waals surface area contributed by atoms with Gasteiger partial charge >= 0.3 is 0 Å². The molecule has 1 saturated heterocycles. The van der Waals surface area contributed by atoms with Crippen LogP contribution in [0.4, 0.5) is 0 Å². The molecule has 0 N–H and O–H groups in total. The molecule has 7 nitrogen and oxygen atoms in total. The second-order valence-corrected chi connectivity index (χ2v) is 10.0. The SMILES string of the molecule is CCCCC/C=C/CN1C(=O)[C@H](Cc2ccc(-c3cc(OC)c(OC)c(OC)c3)cc2)N(C)C(=O)[C@@H]1CCC. The standard InChI is InChI=1S/C32H44N2O5/c1-7-9-10-11-12-13-19-34-26(14-8-2)31(35)33(3)27(32(34)36)20-23-15-17-24(18-16-23)25-21-28(37-4)30(39-6)29(22-25)38-5/h12-13,15-18,21-22,26-27H,7-11,14,19-20H2,1-6H3/b13-12+/t26-,27-/m0/s1. The minimum atomic E-state index is -0.522. The van der Waals surface area contributed by atoms with Crippen molar-refractivity contribution in [1.29, 1.82) is 0 Å². The number of ether oxygens (including phenoxy) is 3. The number of hydrogen-bond donors (Lipinski definition) is 0. The smallest absolute Gasteiger partial charge is 0.246 e. The lowest BCUT2D eigenvalue weighted by molar-refractivity contribution is -0.159. The number of benzene rings is 2. The lowest BCUT2D eigenvalue weighted by Gasteiger charge is -2.43. The van der Waals surface area contributed by atoms with Gasteiger partial charge in [-0.2, -0.15) is 0 Å². The fourth-order valence-corrected chi connectivity index (χ4v) is 5.15. The van der Waals surface area contributed by atoms with Crippen LogP contribution in [0.5, 0.6) is 17.2 Å². The number of likely N-dealkylation sites (N-methyl/N-ethyl adjacent to an activating group) is 1. The number of methoxy groups -OCH3 is 3. The Hall–Kier alpha value is -3.48. The Kier molecular flexibility index (Phi) is 11.3. The van der Waals surface area contributed by atoms with Gasteiger partial charge in [-0.25, -0.2) is 0 Å². The van der Waals surface area contributed by atoms with Crippen molar-refractivity contribution in [3.8, 4) is 28.4 Å². The van der Waals surface area contributed by atoms with Gasteiger partial charge in [0.05, 0.1) is 21.3 Å². The van der Waals surface area contributed by atoms with Gasteiger partial charge in [0.1, 0.15) is 12.1 Å². The van der Waals surface area contributed by atoms with E-state index in [1.807, 2.05) is 36.4 Å². The Morgan fingerprint density at radius 3 is 2.03 bits per heavy atom. The molecule has 39 heavy (non-hydrogen) atoms. The first-order valence-electron chi connectivity index (χ1n) is 14.0. The summed E-state index contributed by atoms with van der Waals surface area (Å²) in [6.07, 6.45) is 10.7. The normalized spacial score (nSPS) is 17.7. The van der Waals surface area contributed by atoms with Crippen LogP contribution >= 0.6 is 0 Å². The highest BCUT2D eigenvalue weighted by atomic mass is 16.5. The summed E-state index contributed by atoms with van der Waals surface area (Å²) in [4.78, 5) is 30.5. The van der Waals surface area contributed by atoms with Crippen LogP contribution in [-0.4, -0.2) is 68.6 Å². The van der Waals surface area contributed by atoms with Crippen LogP contribution in [0.3, 0.4) is 0 Å². The van der Waals surface area contributed by atoms with Crippen molar-refractivity contribution in [2.24, 2.45) is 0 Å². The van der Waals surface area contributed by atoms with E-state index in [-0.39, 0.29) is 11.8 Å². The van der Waals surface area contributed by atoms with Crippen molar-refractivity contribution in [3.63, 3.8) is 0 Å². The number of carbonyl (C=O) groups is 2. The van der Waals surface area contributed by atoms with Gasteiger partial charge in [-0.15, -0.1) is 0 Å². The van der Waals surface area contributed by atoms with Crippen LogP contribution in [0.25, 0.3) is 11.1 Å². The third kappa shape index (κ3) is 7.14. The molecule has 1 aliphatic rings. The number of unbranched alkanes of at least 4 members (excludes halogenated alkanes) is 3. The van der Waals surface area contributed by atoms with E-state index < -0.39 is 12.1 Å². The van der Waals surface area contributed by atoms with Gasteiger partial charge in [0, 0.05) is 20.0 Å². The summed E-state index contributed by atoms with van der Waals surface area (Å²) in [6.45, 7) is 4.72. The van der Waals surface area contributed by atoms with E-state index in [0.29, 0.717) is 36.6 Å². The van der Waals surface area contributed by atoms with Gasteiger partial charge in [-0.05, 0) is 48.1 Å². The molecule has 0 radical (unpaired) electrons. The molecule has 2 aromatic rings. The van der Waals surface area contributed by atoms with Crippen molar-refractivity contribution >= 4 is 11.8 Å².